The molecule has 2 rings (SSSR count). The molecule has 1 aromatic carbocycles. The number of carbonyl (C=O) groups is 1. The molecule has 6 nitrogen and oxygen atoms in total. The average molecular weight is 319 g/mol. The van der Waals surface area contributed by atoms with Gasteiger partial charge in [-0.2, -0.15) is 0 Å². The summed E-state index contributed by atoms with van der Waals surface area (Å²) >= 11 is 0. The molecular weight excluding hydrogens is 301 g/mol. The minimum atomic E-state index is -1.15. The second-order valence-electron chi connectivity index (χ2n) is 4.91. The highest BCUT2D eigenvalue weighted by Gasteiger charge is 2.13. The van der Waals surface area contributed by atoms with E-state index in [0.29, 0.717) is 12.2 Å². The highest BCUT2D eigenvalue weighted by molar-refractivity contribution is 5.88. The number of anilines is 1. The summed E-state index contributed by atoms with van der Waals surface area (Å²) in [6.07, 6.45) is 0.376. The van der Waals surface area contributed by atoms with Gasteiger partial charge in [-0.3, -0.25) is 4.79 Å². The third-order valence-electron chi connectivity index (χ3n) is 3.30. The van der Waals surface area contributed by atoms with Crippen LogP contribution in [-0.2, 0) is 6.54 Å². The van der Waals surface area contributed by atoms with E-state index in [9.17, 15) is 19.1 Å². The van der Waals surface area contributed by atoms with Crippen molar-refractivity contribution in [1.82, 2.24) is 9.88 Å². The van der Waals surface area contributed by atoms with Crippen molar-refractivity contribution in [2.75, 3.05) is 11.9 Å². The Balaban J connectivity index is 1.93. The summed E-state index contributed by atoms with van der Waals surface area (Å²) < 4.78 is 15.0. The molecule has 0 aliphatic heterocycles. The Morgan fingerprint density at radius 3 is 2.74 bits per heavy atom. The molecule has 0 spiro atoms. The summed E-state index contributed by atoms with van der Waals surface area (Å²) in [5, 5.41) is 14.9. The van der Waals surface area contributed by atoms with Crippen LogP contribution in [0.25, 0.3) is 0 Å². The lowest BCUT2D eigenvalue weighted by atomic mass is 10.1. The number of pyridine rings is 1. The third kappa shape index (κ3) is 4.40. The first kappa shape index (κ1) is 16.7. The average Bonchev–Trinajstić information content (AvgIpc) is 2.55. The fourth-order valence-electron chi connectivity index (χ4n) is 2.07. The van der Waals surface area contributed by atoms with Gasteiger partial charge in [-0.05, 0) is 19.1 Å². The van der Waals surface area contributed by atoms with E-state index in [1.807, 2.05) is 6.92 Å². The number of hydrogen-bond acceptors (Lipinski definition) is 3. The molecule has 1 heterocycles. The summed E-state index contributed by atoms with van der Waals surface area (Å²) in [5.74, 6) is -0.530. The van der Waals surface area contributed by atoms with Crippen LogP contribution < -0.4 is 16.2 Å². The largest absolute Gasteiger partial charge is 0.386 e. The number of carbonyl (C=O) groups excluding carboxylic acids is 1. The second kappa shape index (κ2) is 7.55. The highest BCUT2D eigenvalue weighted by Crippen LogP contribution is 2.15. The van der Waals surface area contributed by atoms with E-state index in [0.717, 1.165) is 0 Å². The minimum absolute atomic E-state index is 0.118. The zero-order valence-electron chi connectivity index (χ0n) is 12.6. The maximum atomic E-state index is 13.5. The number of benzene rings is 1. The van der Waals surface area contributed by atoms with Crippen LogP contribution in [0.15, 0.2) is 47.4 Å². The van der Waals surface area contributed by atoms with Crippen molar-refractivity contribution in [3.05, 3.63) is 64.3 Å². The van der Waals surface area contributed by atoms with Crippen molar-refractivity contribution in [2.45, 2.75) is 19.6 Å². The maximum Gasteiger partial charge on any atom is 0.319 e. The van der Waals surface area contributed by atoms with Crippen LogP contribution in [0, 0.1) is 5.82 Å². The van der Waals surface area contributed by atoms with Gasteiger partial charge in [0.25, 0.3) is 5.56 Å². The lowest BCUT2D eigenvalue weighted by Crippen LogP contribution is -2.33. The number of urea groups is 1. The van der Waals surface area contributed by atoms with Gasteiger partial charge in [-0.15, -0.1) is 0 Å². The Labute approximate surface area is 132 Å². The van der Waals surface area contributed by atoms with Crippen LogP contribution in [0.2, 0.25) is 0 Å². The van der Waals surface area contributed by atoms with Crippen LogP contribution >= 0.6 is 0 Å². The first-order chi connectivity index (χ1) is 11.0. The van der Waals surface area contributed by atoms with Crippen molar-refractivity contribution in [3.8, 4) is 0 Å². The summed E-state index contributed by atoms with van der Waals surface area (Å²) in [5.41, 5.74) is 0.407. The molecule has 0 saturated heterocycles. The molecule has 0 radical (unpaired) electrons. The van der Waals surface area contributed by atoms with Gasteiger partial charge in [0.15, 0.2) is 0 Å². The van der Waals surface area contributed by atoms with Crippen LogP contribution in [-0.4, -0.2) is 22.2 Å². The van der Waals surface area contributed by atoms with Gasteiger partial charge < -0.3 is 20.3 Å². The van der Waals surface area contributed by atoms with E-state index in [1.165, 1.54) is 41.1 Å². The molecule has 0 fully saturated rings. The van der Waals surface area contributed by atoms with Crippen LogP contribution in [0.3, 0.4) is 0 Å². The molecule has 1 aromatic heterocycles. The number of nitrogens with one attached hydrogen (secondary N) is 2. The lowest BCUT2D eigenvalue weighted by Gasteiger charge is -2.14. The smallest absolute Gasteiger partial charge is 0.319 e. The van der Waals surface area contributed by atoms with E-state index in [-0.39, 0.29) is 17.7 Å². The van der Waals surface area contributed by atoms with Gasteiger partial charge in [0.1, 0.15) is 5.82 Å². The summed E-state index contributed by atoms with van der Waals surface area (Å²) in [7, 11) is 0. The number of hydrogen-bond donors (Lipinski definition) is 3. The molecule has 0 aliphatic rings. The molecule has 1 atom stereocenters. The van der Waals surface area contributed by atoms with E-state index < -0.39 is 18.0 Å². The molecule has 0 aliphatic carbocycles. The van der Waals surface area contributed by atoms with Crippen molar-refractivity contribution in [2.24, 2.45) is 0 Å². The first-order valence-electron chi connectivity index (χ1n) is 7.19. The molecule has 2 aromatic rings. The number of nitrogens with zero attached hydrogens (tertiary/aromatic N) is 1. The van der Waals surface area contributed by atoms with Crippen molar-refractivity contribution in [3.63, 3.8) is 0 Å². The Bertz CT molecular complexity index is 745. The molecule has 23 heavy (non-hydrogen) atoms. The quantitative estimate of drug-likeness (QED) is 0.786. The number of aryl methyl sites for hydroxylation is 1. The molecule has 1 unspecified atom stereocenters. The fraction of sp³-hybridized carbons (Fsp3) is 0.250. The molecule has 0 saturated carbocycles. The Kier molecular flexibility index (Phi) is 5.48. The molecule has 3 N–H and O–H groups in total. The van der Waals surface area contributed by atoms with Gasteiger partial charge in [0.05, 0.1) is 11.8 Å². The van der Waals surface area contributed by atoms with Gasteiger partial charge in [0.2, 0.25) is 0 Å². The Morgan fingerprint density at radius 2 is 2.04 bits per heavy atom. The normalized spacial score (nSPS) is 11.8. The minimum Gasteiger partial charge on any atom is -0.386 e. The first-order valence-corrected chi connectivity index (χ1v) is 7.19. The second-order valence-corrected chi connectivity index (χ2v) is 4.91. The zero-order valence-corrected chi connectivity index (χ0v) is 12.6. The van der Waals surface area contributed by atoms with E-state index in [2.05, 4.69) is 10.6 Å². The van der Waals surface area contributed by atoms with Crippen molar-refractivity contribution < 1.29 is 14.3 Å². The molecule has 122 valence electrons. The van der Waals surface area contributed by atoms with Crippen molar-refractivity contribution in [1.29, 1.82) is 0 Å². The summed E-state index contributed by atoms with van der Waals surface area (Å²) in [6, 6.07) is 8.11. The number of rotatable bonds is 5. The fourth-order valence-corrected chi connectivity index (χ4v) is 2.07. The van der Waals surface area contributed by atoms with Gasteiger partial charge in [0, 0.05) is 30.9 Å². The topological polar surface area (TPSA) is 83.4 Å². The number of halogens is 1. The third-order valence-corrected chi connectivity index (χ3v) is 3.30. The van der Waals surface area contributed by atoms with E-state index in [1.54, 1.807) is 6.07 Å². The maximum absolute atomic E-state index is 13.5. The predicted molar refractivity (Wildman–Crippen MR) is 84.8 cm³/mol. The number of amides is 2. The van der Waals surface area contributed by atoms with Gasteiger partial charge >= 0.3 is 6.03 Å². The van der Waals surface area contributed by atoms with Gasteiger partial charge in [-0.1, -0.05) is 18.2 Å². The standard InChI is InChI=1S/C16H18FN3O3/c1-2-20-10-11(7-8-15(20)22)19-16(23)18-9-14(21)12-5-3-4-6-13(12)17/h3-8,10,14,21H,2,9H2,1H3,(H2,18,19,23). The zero-order chi connectivity index (χ0) is 16.8. The Morgan fingerprint density at radius 1 is 1.30 bits per heavy atom. The highest BCUT2D eigenvalue weighted by atomic mass is 19.1. The van der Waals surface area contributed by atoms with Gasteiger partial charge in [-0.25, -0.2) is 9.18 Å². The molecular formula is C16H18FN3O3. The number of aliphatic hydroxyl groups excluding tert-OH is 1. The Hall–Kier alpha value is -2.67. The van der Waals surface area contributed by atoms with Crippen molar-refractivity contribution >= 4 is 11.7 Å². The van der Waals surface area contributed by atoms with Crippen LogP contribution in [0.4, 0.5) is 14.9 Å². The monoisotopic (exact) mass is 319 g/mol. The summed E-state index contributed by atoms with van der Waals surface area (Å²) in [6.45, 7) is 2.16. The molecule has 7 heteroatoms. The number of aliphatic hydroxyl groups is 1. The number of aromatic nitrogens is 1. The SMILES string of the molecule is CCn1cc(NC(=O)NCC(O)c2ccccc2F)ccc1=O. The lowest BCUT2D eigenvalue weighted by molar-refractivity contribution is 0.170. The molecule has 0 bridgehead atoms. The summed E-state index contributed by atoms with van der Waals surface area (Å²) in [4.78, 5) is 23.3. The van der Waals surface area contributed by atoms with E-state index in [4.69, 9.17) is 0 Å². The van der Waals surface area contributed by atoms with Crippen LogP contribution in [0.1, 0.15) is 18.6 Å². The molecule has 2 amide bonds. The predicted octanol–water partition coefficient (Wildman–Crippen LogP) is 1.86. The van der Waals surface area contributed by atoms with E-state index >= 15 is 0 Å². The van der Waals surface area contributed by atoms with Crippen LogP contribution in [0.5, 0.6) is 0 Å².